The van der Waals surface area contributed by atoms with Crippen molar-refractivity contribution in [1.29, 1.82) is 0 Å². The summed E-state index contributed by atoms with van der Waals surface area (Å²) < 4.78 is 0. The summed E-state index contributed by atoms with van der Waals surface area (Å²) in [6.07, 6.45) is 3.72. The summed E-state index contributed by atoms with van der Waals surface area (Å²) in [7, 11) is 0. The normalized spacial score (nSPS) is 22.3. The molecule has 23 heavy (non-hydrogen) atoms. The van der Waals surface area contributed by atoms with E-state index in [1.54, 1.807) is 29.3 Å². The van der Waals surface area contributed by atoms with E-state index in [4.69, 9.17) is 0 Å². The van der Waals surface area contributed by atoms with Gasteiger partial charge in [0.2, 0.25) is 5.91 Å². The maximum Gasteiger partial charge on any atom is 0.319 e. The Balaban J connectivity index is 1.59. The molecule has 0 bridgehead atoms. The summed E-state index contributed by atoms with van der Waals surface area (Å²) in [6, 6.07) is 4.95. The highest BCUT2D eigenvalue weighted by Crippen LogP contribution is 2.41. The number of rotatable bonds is 4. The van der Waals surface area contributed by atoms with E-state index in [0.717, 1.165) is 6.42 Å². The zero-order valence-electron chi connectivity index (χ0n) is 12.7. The van der Waals surface area contributed by atoms with Crippen LogP contribution in [0.15, 0.2) is 24.4 Å². The number of nitrogens with one attached hydrogen (secondary N) is 1. The Hall–Kier alpha value is -2.44. The molecule has 1 atom stereocenters. The van der Waals surface area contributed by atoms with Gasteiger partial charge in [-0.1, -0.05) is 12.5 Å². The van der Waals surface area contributed by atoms with E-state index in [1.165, 1.54) is 0 Å². The first-order chi connectivity index (χ1) is 11.0. The average Bonchev–Trinajstić information content (AvgIpc) is 2.94. The highest BCUT2D eigenvalue weighted by atomic mass is 16.4. The maximum atomic E-state index is 12.3. The van der Waals surface area contributed by atoms with Gasteiger partial charge in [0, 0.05) is 25.3 Å². The number of carboxylic acids is 1. The molecule has 7 nitrogen and oxygen atoms in total. The van der Waals surface area contributed by atoms with E-state index >= 15 is 0 Å². The van der Waals surface area contributed by atoms with Crippen molar-refractivity contribution in [2.45, 2.75) is 31.7 Å². The van der Waals surface area contributed by atoms with Gasteiger partial charge in [-0.25, -0.2) is 0 Å². The Morgan fingerprint density at radius 2 is 2.09 bits per heavy atom. The zero-order chi connectivity index (χ0) is 16.4. The van der Waals surface area contributed by atoms with Gasteiger partial charge in [0.1, 0.15) is 11.1 Å². The number of carbonyl (C=O) groups excluding carboxylic acids is 2. The first-order valence-corrected chi connectivity index (χ1v) is 7.77. The van der Waals surface area contributed by atoms with Crippen LogP contribution in [0, 0.1) is 5.41 Å². The summed E-state index contributed by atoms with van der Waals surface area (Å²) in [5, 5.41) is 12.1. The van der Waals surface area contributed by atoms with Gasteiger partial charge in [0.15, 0.2) is 0 Å². The van der Waals surface area contributed by atoms with Gasteiger partial charge in [0.05, 0.1) is 0 Å². The molecular weight excluding hydrogens is 298 g/mol. The van der Waals surface area contributed by atoms with Crippen LogP contribution in [0.25, 0.3) is 0 Å². The van der Waals surface area contributed by atoms with Crippen molar-refractivity contribution < 1.29 is 19.5 Å². The van der Waals surface area contributed by atoms with E-state index in [0.29, 0.717) is 38.0 Å². The van der Waals surface area contributed by atoms with Crippen LogP contribution in [0.3, 0.4) is 0 Å². The molecule has 1 aromatic rings. The fraction of sp³-hybridized carbons (Fsp3) is 0.500. The molecule has 2 N–H and O–H groups in total. The quantitative estimate of drug-likeness (QED) is 0.795. The summed E-state index contributed by atoms with van der Waals surface area (Å²) in [6.45, 7) is 0.914. The van der Waals surface area contributed by atoms with E-state index in [-0.39, 0.29) is 11.9 Å². The van der Waals surface area contributed by atoms with Crippen LogP contribution < -0.4 is 5.32 Å². The van der Waals surface area contributed by atoms with Crippen molar-refractivity contribution in [1.82, 2.24) is 15.2 Å². The lowest BCUT2D eigenvalue weighted by molar-refractivity contribution is -0.162. The molecular formula is C16H19N3O4. The van der Waals surface area contributed by atoms with Gasteiger partial charge < -0.3 is 15.3 Å². The Labute approximate surface area is 133 Å². The zero-order valence-corrected chi connectivity index (χ0v) is 12.7. The molecule has 1 unspecified atom stereocenters. The maximum absolute atomic E-state index is 12.3. The van der Waals surface area contributed by atoms with Crippen LogP contribution in [0.2, 0.25) is 0 Å². The third-order valence-corrected chi connectivity index (χ3v) is 4.75. The minimum Gasteiger partial charge on any atom is -0.480 e. The Morgan fingerprint density at radius 1 is 1.30 bits per heavy atom. The predicted molar refractivity (Wildman–Crippen MR) is 80.6 cm³/mol. The minimum atomic E-state index is -1.27. The van der Waals surface area contributed by atoms with Crippen molar-refractivity contribution in [2.24, 2.45) is 5.41 Å². The Morgan fingerprint density at radius 3 is 2.65 bits per heavy atom. The highest BCUT2D eigenvalue weighted by Gasteiger charge is 2.51. The standard InChI is InChI=1S/C16H19N3O4/c20-13(12-4-1-2-8-17-12)19-9-5-11(10-19)18-14(21)16(15(22)23)6-3-7-16/h1-2,4,8,11H,3,5-7,9-10H2,(H,18,21)(H,22,23). The number of carbonyl (C=O) groups is 3. The molecule has 0 aromatic carbocycles. The van der Waals surface area contributed by atoms with Crippen molar-refractivity contribution in [3.8, 4) is 0 Å². The topological polar surface area (TPSA) is 99.6 Å². The molecule has 1 aromatic heterocycles. The van der Waals surface area contributed by atoms with Gasteiger partial charge in [-0.15, -0.1) is 0 Å². The average molecular weight is 317 g/mol. The Kier molecular flexibility index (Phi) is 4.02. The molecule has 0 radical (unpaired) electrons. The molecule has 2 fully saturated rings. The van der Waals surface area contributed by atoms with Crippen molar-refractivity contribution in [3.05, 3.63) is 30.1 Å². The first kappa shape index (κ1) is 15.5. The van der Waals surface area contributed by atoms with Crippen LogP contribution in [-0.2, 0) is 9.59 Å². The van der Waals surface area contributed by atoms with Crippen molar-refractivity contribution in [3.63, 3.8) is 0 Å². The molecule has 7 heteroatoms. The largest absolute Gasteiger partial charge is 0.480 e. The number of amides is 2. The molecule has 2 aliphatic rings. The molecule has 1 saturated carbocycles. The van der Waals surface area contributed by atoms with Gasteiger partial charge >= 0.3 is 5.97 Å². The number of carboxylic acid groups (broad SMARTS) is 1. The number of aliphatic carboxylic acids is 1. The van der Waals surface area contributed by atoms with Gasteiger partial charge in [-0.3, -0.25) is 19.4 Å². The molecule has 0 spiro atoms. The lowest BCUT2D eigenvalue weighted by Crippen LogP contribution is -2.54. The van der Waals surface area contributed by atoms with Gasteiger partial charge in [-0.2, -0.15) is 0 Å². The van der Waals surface area contributed by atoms with E-state index in [9.17, 15) is 19.5 Å². The molecule has 2 amide bonds. The van der Waals surface area contributed by atoms with Crippen LogP contribution in [0.4, 0.5) is 0 Å². The second kappa shape index (κ2) is 5.98. The number of likely N-dealkylation sites (tertiary alicyclic amines) is 1. The first-order valence-electron chi connectivity index (χ1n) is 7.77. The number of hydrogen-bond acceptors (Lipinski definition) is 4. The number of nitrogens with zero attached hydrogens (tertiary/aromatic N) is 2. The summed E-state index contributed by atoms with van der Waals surface area (Å²) in [5.74, 6) is -1.65. The van der Waals surface area contributed by atoms with Crippen LogP contribution in [-0.4, -0.2) is 51.9 Å². The SMILES string of the molecule is O=C(c1ccccn1)N1CCC(NC(=O)C2(C(=O)O)CCC2)C1. The van der Waals surface area contributed by atoms with E-state index in [2.05, 4.69) is 10.3 Å². The fourth-order valence-electron chi connectivity index (χ4n) is 3.11. The lowest BCUT2D eigenvalue weighted by atomic mass is 9.68. The number of hydrogen-bond donors (Lipinski definition) is 2. The second-order valence-corrected chi connectivity index (χ2v) is 6.17. The molecule has 1 aliphatic heterocycles. The summed E-state index contributed by atoms with van der Waals surface area (Å²) in [5.41, 5.74) is -0.890. The van der Waals surface area contributed by atoms with Crippen molar-refractivity contribution in [2.75, 3.05) is 13.1 Å². The summed E-state index contributed by atoms with van der Waals surface area (Å²) >= 11 is 0. The van der Waals surface area contributed by atoms with E-state index in [1.807, 2.05) is 0 Å². The van der Waals surface area contributed by atoms with Gasteiger partial charge in [0.25, 0.3) is 5.91 Å². The van der Waals surface area contributed by atoms with Crippen LogP contribution >= 0.6 is 0 Å². The summed E-state index contributed by atoms with van der Waals surface area (Å²) in [4.78, 5) is 41.6. The number of pyridine rings is 1. The van der Waals surface area contributed by atoms with E-state index < -0.39 is 17.3 Å². The number of aromatic nitrogens is 1. The third kappa shape index (κ3) is 2.78. The molecule has 1 aliphatic carbocycles. The second-order valence-electron chi connectivity index (χ2n) is 6.17. The Bertz CT molecular complexity index is 627. The van der Waals surface area contributed by atoms with Crippen molar-refractivity contribution >= 4 is 17.8 Å². The monoisotopic (exact) mass is 317 g/mol. The lowest BCUT2D eigenvalue weighted by Gasteiger charge is -2.36. The molecule has 2 heterocycles. The highest BCUT2D eigenvalue weighted by molar-refractivity contribution is 6.03. The molecule has 3 rings (SSSR count). The van der Waals surface area contributed by atoms with Crippen LogP contribution in [0.5, 0.6) is 0 Å². The molecule has 122 valence electrons. The smallest absolute Gasteiger partial charge is 0.319 e. The van der Waals surface area contributed by atoms with Gasteiger partial charge in [-0.05, 0) is 31.4 Å². The van der Waals surface area contributed by atoms with Crippen LogP contribution in [0.1, 0.15) is 36.2 Å². The fourth-order valence-corrected chi connectivity index (χ4v) is 3.11. The minimum absolute atomic E-state index is 0.168. The predicted octanol–water partition coefficient (Wildman–Crippen LogP) is 0.667. The third-order valence-electron chi connectivity index (χ3n) is 4.75. The molecule has 1 saturated heterocycles.